The lowest BCUT2D eigenvalue weighted by Crippen LogP contribution is -2.39. The van der Waals surface area contributed by atoms with Crippen molar-refractivity contribution in [2.75, 3.05) is 0 Å². The molecule has 19 heavy (non-hydrogen) atoms. The summed E-state index contributed by atoms with van der Waals surface area (Å²) in [4.78, 5) is 12.7. The molecule has 0 aliphatic rings. The van der Waals surface area contributed by atoms with Crippen molar-refractivity contribution in [2.45, 2.75) is 19.6 Å². The lowest BCUT2D eigenvalue weighted by atomic mass is 10.1. The number of benzene rings is 2. The topological polar surface area (TPSA) is 30.2 Å². The summed E-state index contributed by atoms with van der Waals surface area (Å²) >= 11 is 0. The van der Waals surface area contributed by atoms with Crippen LogP contribution in [0.25, 0.3) is 21.9 Å². The minimum Gasteiger partial charge on any atom is -0.456 e. The highest BCUT2D eigenvalue weighted by atomic mass is 28.3. The highest BCUT2D eigenvalue weighted by Crippen LogP contribution is 2.19. The van der Waals surface area contributed by atoms with Crippen molar-refractivity contribution < 1.29 is 4.42 Å². The van der Waals surface area contributed by atoms with Gasteiger partial charge in [-0.2, -0.15) is 0 Å². The SMILES string of the molecule is C[Si](C)(C)c1cccc2oc3ccccc3c(=O)c12. The third-order valence-electron chi connectivity index (χ3n) is 3.41. The van der Waals surface area contributed by atoms with Crippen molar-refractivity contribution in [2.24, 2.45) is 0 Å². The Balaban J connectivity index is 2.57. The first kappa shape index (κ1) is 12.2. The molecule has 0 saturated heterocycles. The van der Waals surface area contributed by atoms with Gasteiger partial charge in [-0.3, -0.25) is 4.79 Å². The molecule has 3 rings (SSSR count). The van der Waals surface area contributed by atoms with Crippen molar-refractivity contribution in [1.29, 1.82) is 0 Å². The second kappa shape index (κ2) is 4.07. The molecule has 3 aromatic rings. The summed E-state index contributed by atoms with van der Waals surface area (Å²) in [6.45, 7) is 6.74. The molecular weight excluding hydrogens is 252 g/mol. The summed E-state index contributed by atoms with van der Waals surface area (Å²) in [6, 6.07) is 13.4. The van der Waals surface area contributed by atoms with Crippen molar-refractivity contribution >= 4 is 35.2 Å². The second-order valence-electron chi connectivity index (χ2n) is 5.86. The van der Waals surface area contributed by atoms with Crippen molar-refractivity contribution in [3.63, 3.8) is 0 Å². The van der Waals surface area contributed by atoms with Gasteiger partial charge in [0.1, 0.15) is 11.2 Å². The molecule has 0 amide bonds. The van der Waals surface area contributed by atoms with Gasteiger partial charge in [0.05, 0.1) is 18.8 Å². The number of rotatable bonds is 1. The van der Waals surface area contributed by atoms with Crippen LogP contribution >= 0.6 is 0 Å². The van der Waals surface area contributed by atoms with Gasteiger partial charge >= 0.3 is 0 Å². The van der Waals surface area contributed by atoms with Crippen LogP contribution < -0.4 is 10.6 Å². The molecule has 3 heteroatoms. The van der Waals surface area contributed by atoms with Gasteiger partial charge in [-0.25, -0.2) is 0 Å². The minimum atomic E-state index is -1.58. The van der Waals surface area contributed by atoms with Gasteiger partial charge < -0.3 is 4.42 Å². The number of para-hydroxylation sites is 1. The Morgan fingerprint density at radius 2 is 1.58 bits per heavy atom. The van der Waals surface area contributed by atoms with E-state index in [0.29, 0.717) is 16.6 Å². The summed E-state index contributed by atoms with van der Waals surface area (Å²) in [5.41, 5.74) is 1.45. The van der Waals surface area contributed by atoms with Gasteiger partial charge in [-0.15, -0.1) is 0 Å². The zero-order valence-corrected chi connectivity index (χ0v) is 12.4. The smallest absolute Gasteiger partial charge is 0.200 e. The number of hydrogen-bond donors (Lipinski definition) is 0. The molecule has 0 radical (unpaired) electrons. The van der Waals surface area contributed by atoms with Crippen LogP contribution in [0.1, 0.15) is 0 Å². The lowest BCUT2D eigenvalue weighted by Gasteiger charge is -2.18. The third-order valence-corrected chi connectivity index (χ3v) is 5.45. The Kier molecular flexibility index (Phi) is 2.61. The first-order valence-corrected chi connectivity index (χ1v) is 9.93. The third kappa shape index (κ3) is 1.90. The van der Waals surface area contributed by atoms with E-state index < -0.39 is 8.07 Å². The summed E-state index contributed by atoms with van der Waals surface area (Å²) in [5, 5.41) is 2.60. The van der Waals surface area contributed by atoms with Crippen LogP contribution in [0.2, 0.25) is 19.6 Å². The normalized spacial score (nSPS) is 12.2. The Morgan fingerprint density at radius 1 is 0.895 bits per heavy atom. The van der Waals surface area contributed by atoms with Crippen LogP contribution in [0.5, 0.6) is 0 Å². The van der Waals surface area contributed by atoms with E-state index in [4.69, 9.17) is 4.42 Å². The fourth-order valence-electron chi connectivity index (χ4n) is 2.47. The molecule has 1 heterocycles. The molecule has 0 aliphatic heterocycles. The second-order valence-corrected chi connectivity index (χ2v) is 10.9. The van der Waals surface area contributed by atoms with Gasteiger partial charge in [0, 0.05) is 0 Å². The molecule has 0 saturated carbocycles. The minimum absolute atomic E-state index is 0.0925. The van der Waals surface area contributed by atoms with Gasteiger partial charge in [-0.05, 0) is 23.4 Å². The Hall–Kier alpha value is -1.87. The molecule has 0 unspecified atom stereocenters. The molecule has 0 spiro atoms. The quantitative estimate of drug-likeness (QED) is 0.499. The maximum Gasteiger partial charge on any atom is 0.200 e. The Labute approximate surface area is 112 Å². The van der Waals surface area contributed by atoms with E-state index in [2.05, 4.69) is 25.7 Å². The van der Waals surface area contributed by atoms with Crippen LogP contribution in [-0.2, 0) is 0 Å². The summed E-state index contributed by atoms with van der Waals surface area (Å²) in [5.74, 6) is 0. The molecule has 0 fully saturated rings. The molecule has 96 valence electrons. The predicted octanol–water partition coefficient (Wildman–Crippen LogP) is 3.49. The van der Waals surface area contributed by atoms with Crippen LogP contribution in [-0.4, -0.2) is 8.07 Å². The van der Waals surface area contributed by atoms with E-state index in [9.17, 15) is 4.79 Å². The van der Waals surface area contributed by atoms with Gasteiger partial charge in [0.25, 0.3) is 0 Å². The van der Waals surface area contributed by atoms with E-state index in [0.717, 1.165) is 5.39 Å². The van der Waals surface area contributed by atoms with Crippen molar-refractivity contribution in [3.05, 3.63) is 52.7 Å². The highest BCUT2D eigenvalue weighted by molar-refractivity contribution is 6.90. The predicted molar refractivity (Wildman–Crippen MR) is 83.0 cm³/mol. The van der Waals surface area contributed by atoms with E-state index in [1.165, 1.54) is 5.19 Å². The Bertz CT molecular complexity index is 825. The molecule has 0 N–H and O–H groups in total. The molecule has 0 bridgehead atoms. The van der Waals surface area contributed by atoms with Crippen LogP contribution in [0.4, 0.5) is 0 Å². The molecule has 0 aliphatic carbocycles. The maximum absolute atomic E-state index is 12.7. The highest BCUT2D eigenvalue weighted by Gasteiger charge is 2.22. The molecular formula is C16H16O2Si. The Morgan fingerprint density at radius 3 is 2.32 bits per heavy atom. The monoisotopic (exact) mass is 268 g/mol. The first-order chi connectivity index (χ1) is 8.98. The fraction of sp³-hybridized carbons (Fsp3) is 0.188. The summed E-state index contributed by atoms with van der Waals surface area (Å²) < 4.78 is 5.89. The zero-order chi connectivity index (χ0) is 13.6. The van der Waals surface area contributed by atoms with E-state index in [1.54, 1.807) is 0 Å². The molecule has 2 aromatic carbocycles. The summed E-state index contributed by atoms with van der Waals surface area (Å²) in [7, 11) is -1.58. The largest absolute Gasteiger partial charge is 0.456 e. The van der Waals surface area contributed by atoms with Crippen molar-refractivity contribution in [3.8, 4) is 0 Å². The van der Waals surface area contributed by atoms with Gasteiger partial charge in [-0.1, -0.05) is 43.9 Å². The van der Waals surface area contributed by atoms with Crippen LogP contribution in [0.3, 0.4) is 0 Å². The van der Waals surface area contributed by atoms with Crippen LogP contribution in [0.15, 0.2) is 51.7 Å². The van der Waals surface area contributed by atoms with Gasteiger partial charge in [0.2, 0.25) is 0 Å². The summed E-state index contributed by atoms with van der Waals surface area (Å²) in [6.07, 6.45) is 0. The number of hydrogen-bond acceptors (Lipinski definition) is 2. The zero-order valence-electron chi connectivity index (χ0n) is 11.4. The first-order valence-electron chi connectivity index (χ1n) is 6.43. The van der Waals surface area contributed by atoms with E-state index >= 15 is 0 Å². The fourth-order valence-corrected chi connectivity index (χ4v) is 4.05. The molecule has 0 atom stereocenters. The van der Waals surface area contributed by atoms with Gasteiger partial charge in [0.15, 0.2) is 5.43 Å². The van der Waals surface area contributed by atoms with Crippen molar-refractivity contribution in [1.82, 2.24) is 0 Å². The maximum atomic E-state index is 12.7. The standard InChI is InChI=1S/C16H16O2Si/c1-19(2,3)14-10-6-9-13-15(14)16(17)11-7-4-5-8-12(11)18-13/h4-10H,1-3H3. The molecule has 2 nitrogen and oxygen atoms in total. The van der Waals surface area contributed by atoms with E-state index in [1.807, 2.05) is 36.4 Å². The molecule has 1 aromatic heterocycles. The van der Waals surface area contributed by atoms with E-state index in [-0.39, 0.29) is 5.43 Å². The van der Waals surface area contributed by atoms with Crippen LogP contribution in [0, 0.1) is 0 Å². The average molecular weight is 268 g/mol. The average Bonchev–Trinajstić information content (AvgIpc) is 2.37. The number of fused-ring (bicyclic) bond motifs is 2. The lowest BCUT2D eigenvalue weighted by molar-refractivity contribution is 0.660.